The average molecular weight is 485 g/mol. The molecule has 0 aliphatic carbocycles. The van der Waals surface area contributed by atoms with Crippen molar-refractivity contribution >= 4 is 16.9 Å². The summed E-state index contributed by atoms with van der Waals surface area (Å²) in [6.45, 7) is 4.31. The third-order valence-electron chi connectivity index (χ3n) is 6.77. The van der Waals surface area contributed by atoms with Crippen molar-refractivity contribution in [3.8, 4) is 5.69 Å². The summed E-state index contributed by atoms with van der Waals surface area (Å²) in [4.78, 5) is 20.6. The van der Waals surface area contributed by atoms with Gasteiger partial charge in [0.05, 0.1) is 35.3 Å². The highest BCUT2D eigenvalue weighted by atomic mass is 19.1. The van der Waals surface area contributed by atoms with Crippen LogP contribution in [-0.4, -0.2) is 57.8 Å². The summed E-state index contributed by atoms with van der Waals surface area (Å²) in [6.07, 6.45) is 13.7. The Hall–Kier alpha value is -4.28. The number of fused-ring (bicyclic) bond motifs is 1. The number of rotatable bonds is 6. The molecule has 0 atom stereocenters. The van der Waals surface area contributed by atoms with Gasteiger partial charge in [-0.05, 0) is 47.4 Å². The van der Waals surface area contributed by atoms with E-state index in [0.717, 1.165) is 60.6 Å². The van der Waals surface area contributed by atoms with Gasteiger partial charge in [0.2, 0.25) is 5.95 Å². The van der Waals surface area contributed by atoms with Gasteiger partial charge in [-0.3, -0.25) is 9.97 Å². The number of aryl methyl sites for hydroxylation is 1. The SMILES string of the molecule is CCc1cnc(N2CCC(c3cnc(Cn4ccc5cc(-n6cnnn6)cc(F)c54)cn3)CC2)nc1. The zero-order valence-corrected chi connectivity index (χ0v) is 19.9. The fourth-order valence-corrected chi connectivity index (χ4v) is 4.72. The molecule has 0 bridgehead atoms. The lowest BCUT2D eigenvalue weighted by Gasteiger charge is -2.31. The summed E-state index contributed by atoms with van der Waals surface area (Å²) in [7, 11) is 0. The molecule has 4 aromatic heterocycles. The van der Waals surface area contributed by atoms with Crippen molar-refractivity contribution in [3.05, 3.63) is 78.3 Å². The van der Waals surface area contributed by atoms with Crippen molar-refractivity contribution in [2.75, 3.05) is 18.0 Å². The number of nitrogens with zero attached hydrogens (tertiary/aromatic N) is 10. The van der Waals surface area contributed by atoms with Crippen molar-refractivity contribution in [1.82, 2.24) is 44.7 Å². The number of tetrazole rings is 1. The minimum absolute atomic E-state index is 0.340. The van der Waals surface area contributed by atoms with Crippen LogP contribution in [0.5, 0.6) is 0 Å². The van der Waals surface area contributed by atoms with E-state index in [1.54, 1.807) is 6.20 Å². The molecule has 11 heteroatoms. The number of aromatic nitrogens is 9. The highest BCUT2D eigenvalue weighted by Crippen LogP contribution is 2.28. The van der Waals surface area contributed by atoms with E-state index in [-0.39, 0.29) is 5.82 Å². The molecule has 0 spiro atoms. The topological polar surface area (TPSA) is 103 Å². The van der Waals surface area contributed by atoms with Crippen molar-refractivity contribution in [2.45, 2.75) is 38.6 Å². The quantitative estimate of drug-likeness (QED) is 0.362. The van der Waals surface area contributed by atoms with Crippen LogP contribution in [0.3, 0.4) is 0 Å². The first-order chi connectivity index (χ1) is 17.7. The molecule has 0 radical (unpaired) electrons. The van der Waals surface area contributed by atoms with Crippen LogP contribution in [0.1, 0.15) is 42.6 Å². The lowest BCUT2D eigenvalue weighted by atomic mass is 9.94. The lowest BCUT2D eigenvalue weighted by Crippen LogP contribution is -2.34. The molecule has 5 heterocycles. The molecule has 10 nitrogen and oxygen atoms in total. The van der Waals surface area contributed by atoms with Crippen LogP contribution >= 0.6 is 0 Å². The smallest absolute Gasteiger partial charge is 0.225 e. The molecule has 0 N–H and O–H groups in total. The number of piperidine rings is 1. The van der Waals surface area contributed by atoms with E-state index in [2.05, 4.69) is 42.3 Å². The summed E-state index contributed by atoms with van der Waals surface area (Å²) in [5.74, 6) is 0.809. The van der Waals surface area contributed by atoms with Crippen LogP contribution in [-0.2, 0) is 13.0 Å². The maximum atomic E-state index is 15.0. The predicted molar refractivity (Wildman–Crippen MR) is 131 cm³/mol. The number of hydrogen-bond acceptors (Lipinski definition) is 8. The normalized spacial score (nSPS) is 14.6. The molecule has 0 saturated carbocycles. The van der Waals surface area contributed by atoms with Gasteiger partial charge in [-0.25, -0.2) is 19.0 Å². The van der Waals surface area contributed by atoms with Crippen LogP contribution in [0.25, 0.3) is 16.6 Å². The molecule has 182 valence electrons. The molecule has 1 aliphatic rings. The van der Waals surface area contributed by atoms with Gasteiger partial charge in [0.1, 0.15) is 12.1 Å². The summed E-state index contributed by atoms with van der Waals surface area (Å²) in [5, 5.41) is 11.8. The van der Waals surface area contributed by atoms with Crippen molar-refractivity contribution < 1.29 is 4.39 Å². The molecule has 0 unspecified atom stereocenters. The molecule has 1 saturated heterocycles. The minimum Gasteiger partial charge on any atom is -0.341 e. The standard InChI is InChI=1S/C25H25FN10/c1-2-17-11-29-25(30-12-17)34-6-3-18(4-7-34)23-14-27-20(13-28-23)15-35-8-5-19-9-21(10-22(26)24(19)35)36-16-31-32-33-36/h5,8-14,16,18H,2-4,6-7,15H2,1H3. The highest BCUT2D eigenvalue weighted by Gasteiger charge is 2.23. The third kappa shape index (κ3) is 4.28. The van der Waals surface area contributed by atoms with Crippen LogP contribution in [0.2, 0.25) is 0 Å². The van der Waals surface area contributed by atoms with Gasteiger partial charge >= 0.3 is 0 Å². The van der Waals surface area contributed by atoms with Gasteiger partial charge in [0.25, 0.3) is 0 Å². The number of hydrogen-bond donors (Lipinski definition) is 0. The zero-order valence-electron chi connectivity index (χ0n) is 19.9. The summed E-state index contributed by atoms with van der Waals surface area (Å²) in [5.41, 5.74) is 4.01. The molecule has 6 rings (SSSR count). The maximum Gasteiger partial charge on any atom is 0.225 e. The first-order valence-electron chi connectivity index (χ1n) is 12.1. The van der Waals surface area contributed by atoms with Gasteiger partial charge in [-0.1, -0.05) is 6.92 Å². The van der Waals surface area contributed by atoms with E-state index in [1.807, 2.05) is 41.5 Å². The fraction of sp³-hybridized carbons (Fsp3) is 0.320. The Bertz CT molecular complexity index is 1450. The van der Waals surface area contributed by atoms with Crippen LogP contribution < -0.4 is 4.90 Å². The Kier molecular flexibility index (Phi) is 5.80. The Morgan fingerprint density at radius 2 is 1.83 bits per heavy atom. The molecule has 1 aliphatic heterocycles. The second-order valence-electron chi connectivity index (χ2n) is 9.00. The van der Waals surface area contributed by atoms with E-state index in [0.29, 0.717) is 23.7 Å². The number of halogens is 1. The molecule has 1 fully saturated rings. The summed E-state index contributed by atoms with van der Waals surface area (Å²) >= 11 is 0. The minimum atomic E-state index is -0.340. The molecular weight excluding hydrogens is 459 g/mol. The average Bonchev–Trinajstić information content (AvgIpc) is 3.60. The Balaban J connectivity index is 1.12. The molecular formula is C25H25FN10. The van der Waals surface area contributed by atoms with Crippen molar-refractivity contribution in [2.24, 2.45) is 0 Å². The number of benzene rings is 1. The van der Waals surface area contributed by atoms with Gasteiger partial charge in [-0.2, -0.15) is 0 Å². The van der Waals surface area contributed by atoms with E-state index in [9.17, 15) is 4.39 Å². The second-order valence-corrected chi connectivity index (χ2v) is 9.00. The zero-order chi connectivity index (χ0) is 24.5. The highest BCUT2D eigenvalue weighted by molar-refractivity contribution is 5.83. The first-order valence-corrected chi connectivity index (χ1v) is 12.1. The monoisotopic (exact) mass is 484 g/mol. The largest absolute Gasteiger partial charge is 0.341 e. The molecule has 36 heavy (non-hydrogen) atoms. The summed E-state index contributed by atoms with van der Waals surface area (Å²) < 4.78 is 18.3. The second kappa shape index (κ2) is 9.40. The Labute approximate surface area is 206 Å². The van der Waals surface area contributed by atoms with E-state index < -0.39 is 0 Å². The lowest BCUT2D eigenvalue weighted by molar-refractivity contribution is 0.488. The summed E-state index contributed by atoms with van der Waals surface area (Å²) in [6, 6.07) is 5.16. The number of anilines is 1. The predicted octanol–water partition coefficient (Wildman–Crippen LogP) is 3.33. The third-order valence-corrected chi connectivity index (χ3v) is 6.77. The van der Waals surface area contributed by atoms with E-state index in [4.69, 9.17) is 4.98 Å². The van der Waals surface area contributed by atoms with Crippen LogP contribution in [0.15, 0.2) is 55.5 Å². The van der Waals surface area contributed by atoms with E-state index >= 15 is 0 Å². The maximum absolute atomic E-state index is 15.0. The molecule has 0 amide bonds. The van der Waals surface area contributed by atoms with Crippen LogP contribution in [0.4, 0.5) is 10.3 Å². The molecule has 5 aromatic rings. The van der Waals surface area contributed by atoms with Crippen molar-refractivity contribution in [1.29, 1.82) is 0 Å². The van der Waals surface area contributed by atoms with E-state index in [1.165, 1.54) is 17.1 Å². The van der Waals surface area contributed by atoms with Crippen LogP contribution in [0, 0.1) is 5.82 Å². The molecule has 1 aromatic carbocycles. The van der Waals surface area contributed by atoms with Crippen molar-refractivity contribution in [3.63, 3.8) is 0 Å². The van der Waals surface area contributed by atoms with Gasteiger partial charge in [-0.15, -0.1) is 5.10 Å². The fourth-order valence-electron chi connectivity index (χ4n) is 4.72. The Morgan fingerprint density at radius 3 is 2.53 bits per heavy atom. The van der Waals surface area contributed by atoms with Gasteiger partial charge < -0.3 is 9.47 Å². The Morgan fingerprint density at radius 1 is 1.00 bits per heavy atom. The van der Waals surface area contributed by atoms with Gasteiger partial charge in [0, 0.05) is 55.2 Å². The van der Waals surface area contributed by atoms with Gasteiger partial charge in [0.15, 0.2) is 0 Å². The first kappa shape index (κ1) is 22.2.